The fourth-order valence-electron chi connectivity index (χ4n) is 6.73. The van der Waals surface area contributed by atoms with Gasteiger partial charge in [-0.1, -0.05) is 19.9 Å². The highest BCUT2D eigenvalue weighted by Crippen LogP contribution is 2.63. The summed E-state index contributed by atoms with van der Waals surface area (Å²) in [6, 6.07) is 0. The Morgan fingerprint density at radius 3 is 2.63 bits per heavy atom. The van der Waals surface area contributed by atoms with Crippen LogP contribution in [0.5, 0.6) is 0 Å². The van der Waals surface area contributed by atoms with Crippen molar-refractivity contribution < 1.29 is 9.59 Å². The Hall–Kier alpha value is -1.45. The van der Waals surface area contributed by atoms with E-state index in [1.54, 1.807) is 6.08 Å². The molecular weight excluding hydrogens is 336 g/mol. The summed E-state index contributed by atoms with van der Waals surface area (Å²) < 4.78 is 0. The van der Waals surface area contributed by atoms with Crippen LogP contribution in [0.2, 0.25) is 0 Å². The van der Waals surface area contributed by atoms with Crippen LogP contribution in [0.25, 0.3) is 0 Å². The molecule has 1 heterocycles. The standard InChI is InChI=1S/C23H34N2O2/c1-21(2,3)25-20(27)18-7-6-16-15-13-24-19-12-14(26)8-10-23(19,5)17(15)9-11-22(16,18)4/h8,10,15-18H,6-7,9,11-13H2,1-5H3,(H,25,27)/t15?,16?,17?,18-,22+,23-/m1/s1. The third-order valence-corrected chi connectivity index (χ3v) is 8.09. The van der Waals surface area contributed by atoms with Crippen LogP contribution in [0.4, 0.5) is 0 Å². The van der Waals surface area contributed by atoms with Crippen molar-refractivity contribution >= 4 is 17.4 Å². The minimum absolute atomic E-state index is 0.0656. The highest BCUT2D eigenvalue weighted by Gasteiger charge is 2.60. The molecule has 0 radical (unpaired) electrons. The summed E-state index contributed by atoms with van der Waals surface area (Å²) in [5.41, 5.74) is 0.928. The topological polar surface area (TPSA) is 58.5 Å². The number of hydrogen-bond donors (Lipinski definition) is 1. The number of nitrogens with one attached hydrogen (secondary N) is 1. The van der Waals surface area contributed by atoms with Crippen LogP contribution >= 0.6 is 0 Å². The minimum Gasteiger partial charge on any atom is -0.351 e. The van der Waals surface area contributed by atoms with Crippen molar-refractivity contribution in [1.29, 1.82) is 0 Å². The van der Waals surface area contributed by atoms with E-state index in [2.05, 4.69) is 46.0 Å². The van der Waals surface area contributed by atoms with Crippen LogP contribution in [0.1, 0.15) is 66.7 Å². The van der Waals surface area contributed by atoms with E-state index in [9.17, 15) is 9.59 Å². The molecule has 0 aromatic carbocycles. The van der Waals surface area contributed by atoms with E-state index in [-0.39, 0.29) is 34.0 Å². The zero-order chi connectivity index (χ0) is 19.6. The number of carbonyl (C=O) groups is 2. The van der Waals surface area contributed by atoms with Gasteiger partial charge in [0, 0.05) is 35.5 Å². The number of hydrogen-bond acceptors (Lipinski definition) is 3. The number of aliphatic imine (C=N–C) groups is 1. The maximum atomic E-state index is 13.0. The van der Waals surface area contributed by atoms with Gasteiger partial charge in [0.15, 0.2) is 5.78 Å². The van der Waals surface area contributed by atoms with Gasteiger partial charge in [-0.3, -0.25) is 14.6 Å². The van der Waals surface area contributed by atoms with Crippen molar-refractivity contribution in [3.63, 3.8) is 0 Å². The molecular formula is C23H34N2O2. The molecule has 27 heavy (non-hydrogen) atoms. The second kappa shape index (κ2) is 6.02. The molecule has 0 bridgehead atoms. The minimum atomic E-state index is -0.181. The van der Waals surface area contributed by atoms with E-state index in [1.807, 2.05) is 0 Å². The Kier molecular flexibility index (Phi) is 4.21. The van der Waals surface area contributed by atoms with Gasteiger partial charge >= 0.3 is 0 Å². The van der Waals surface area contributed by atoms with Crippen molar-refractivity contribution in [2.24, 2.45) is 39.5 Å². The molecule has 1 N–H and O–H groups in total. The number of ketones is 1. The number of fused-ring (bicyclic) bond motifs is 5. The monoisotopic (exact) mass is 370 g/mol. The first-order chi connectivity index (χ1) is 12.5. The predicted molar refractivity (Wildman–Crippen MR) is 108 cm³/mol. The molecule has 4 nitrogen and oxygen atoms in total. The van der Waals surface area contributed by atoms with Gasteiger partial charge in [-0.05, 0) is 75.7 Å². The Bertz CT molecular complexity index is 731. The first kappa shape index (κ1) is 18.9. The summed E-state index contributed by atoms with van der Waals surface area (Å²) in [4.78, 5) is 29.8. The lowest BCUT2D eigenvalue weighted by atomic mass is 9.50. The van der Waals surface area contributed by atoms with Gasteiger partial charge in [-0.2, -0.15) is 0 Å². The fourth-order valence-corrected chi connectivity index (χ4v) is 6.73. The van der Waals surface area contributed by atoms with Gasteiger partial charge in [0.05, 0.1) is 0 Å². The maximum Gasteiger partial charge on any atom is 0.224 e. The van der Waals surface area contributed by atoms with E-state index in [0.29, 0.717) is 24.2 Å². The van der Waals surface area contributed by atoms with E-state index in [1.165, 1.54) is 0 Å². The number of amides is 1. The van der Waals surface area contributed by atoms with Crippen molar-refractivity contribution in [3.8, 4) is 0 Å². The molecule has 4 heteroatoms. The number of carbonyl (C=O) groups excluding carboxylic acids is 2. The van der Waals surface area contributed by atoms with Gasteiger partial charge < -0.3 is 5.32 Å². The molecule has 2 fully saturated rings. The van der Waals surface area contributed by atoms with Crippen LogP contribution in [0.15, 0.2) is 17.1 Å². The smallest absolute Gasteiger partial charge is 0.224 e. The molecule has 4 aliphatic rings. The van der Waals surface area contributed by atoms with Gasteiger partial charge in [0.2, 0.25) is 5.91 Å². The van der Waals surface area contributed by atoms with Crippen LogP contribution in [0.3, 0.4) is 0 Å². The second-order valence-corrected chi connectivity index (χ2v) is 10.8. The van der Waals surface area contributed by atoms with Gasteiger partial charge in [-0.15, -0.1) is 0 Å². The lowest BCUT2D eigenvalue weighted by molar-refractivity contribution is -0.132. The Morgan fingerprint density at radius 2 is 1.93 bits per heavy atom. The van der Waals surface area contributed by atoms with Gasteiger partial charge in [-0.25, -0.2) is 0 Å². The first-order valence-corrected chi connectivity index (χ1v) is 10.6. The fraction of sp³-hybridized carbons (Fsp3) is 0.783. The summed E-state index contributed by atoms with van der Waals surface area (Å²) in [7, 11) is 0. The summed E-state index contributed by atoms with van der Waals surface area (Å²) in [6.07, 6.45) is 8.77. The summed E-state index contributed by atoms with van der Waals surface area (Å²) in [5.74, 6) is 2.18. The molecule has 148 valence electrons. The molecule has 1 amide bonds. The number of rotatable bonds is 1. The van der Waals surface area contributed by atoms with Crippen LogP contribution in [-0.4, -0.2) is 29.5 Å². The molecule has 6 atom stereocenters. The normalized spacial score (nSPS) is 43.4. The molecule has 0 saturated heterocycles. The molecule has 4 rings (SSSR count). The lowest BCUT2D eigenvalue weighted by Gasteiger charge is -2.55. The van der Waals surface area contributed by atoms with E-state index >= 15 is 0 Å². The van der Waals surface area contributed by atoms with Crippen molar-refractivity contribution in [2.75, 3.05) is 6.54 Å². The average Bonchev–Trinajstić information content (AvgIpc) is 2.91. The SMILES string of the molecule is CC(C)(C)NC(=O)[C@H]1CCC2C3CN=C4CC(=O)C=C[C@]4(C)C3CC[C@@]21C. The first-order valence-electron chi connectivity index (χ1n) is 10.6. The Balaban J connectivity index is 1.60. The van der Waals surface area contributed by atoms with E-state index in [4.69, 9.17) is 4.99 Å². The quantitative estimate of drug-likeness (QED) is 0.760. The Labute approximate surface area is 163 Å². The third kappa shape index (κ3) is 2.91. The summed E-state index contributed by atoms with van der Waals surface area (Å²) in [6.45, 7) is 11.7. The molecule has 1 aliphatic heterocycles. The number of nitrogens with zero attached hydrogens (tertiary/aromatic N) is 1. The molecule has 3 unspecified atom stereocenters. The van der Waals surface area contributed by atoms with Gasteiger partial charge in [0.25, 0.3) is 0 Å². The van der Waals surface area contributed by atoms with E-state index < -0.39 is 0 Å². The Morgan fingerprint density at radius 1 is 1.19 bits per heavy atom. The van der Waals surface area contributed by atoms with Crippen LogP contribution < -0.4 is 5.32 Å². The average molecular weight is 371 g/mol. The van der Waals surface area contributed by atoms with Crippen molar-refractivity contribution in [2.45, 2.75) is 72.3 Å². The molecule has 0 aromatic rings. The summed E-state index contributed by atoms with van der Waals surface area (Å²) >= 11 is 0. The molecule has 0 aromatic heterocycles. The van der Waals surface area contributed by atoms with Crippen molar-refractivity contribution in [1.82, 2.24) is 5.32 Å². The zero-order valence-electron chi connectivity index (χ0n) is 17.5. The highest BCUT2D eigenvalue weighted by molar-refractivity contribution is 6.12. The number of allylic oxidation sites excluding steroid dienone is 2. The highest BCUT2D eigenvalue weighted by atomic mass is 16.2. The largest absolute Gasteiger partial charge is 0.351 e. The van der Waals surface area contributed by atoms with Crippen LogP contribution in [0, 0.1) is 34.5 Å². The molecule has 0 spiro atoms. The predicted octanol–water partition coefficient (Wildman–Crippen LogP) is 3.95. The second-order valence-electron chi connectivity index (χ2n) is 10.8. The maximum absolute atomic E-state index is 13.0. The summed E-state index contributed by atoms with van der Waals surface area (Å²) in [5, 5.41) is 3.23. The van der Waals surface area contributed by atoms with Crippen molar-refractivity contribution in [3.05, 3.63) is 12.2 Å². The molecule has 3 aliphatic carbocycles. The van der Waals surface area contributed by atoms with Gasteiger partial charge in [0.1, 0.15) is 0 Å². The lowest BCUT2D eigenvalue weighted by Crippen LogP contribution is -2.55. The third-order valence-electron chi connectivity index (χ3n) is 8.09. The van der Waals surface area contributed by atoms with Crippen LogP contribution in [-0.2, 0) is 9.59 Å². The molecule has 2 saturated carbocycles. The van der Waals surface area contributed by atoms with E-state index in [0.717, 1.165) is 37.9 Å². The zero-order valence-corrected chi connectivity index (χ0v) is 17.5.